The maximum atomic E-state index is 14.3. The smallest absolute Gasteiger partial charge is 0.338 e. The van der Waals surface area contributed by atoms with Gasteiger partial charge in [-0.1, -0.05) is 51.6 Å². The lowest BCUT2D eigenvalue weighted by molar-refractivity contribution is -0.179. The number of Topliss-reactive ketones (excluding diaryl/α,β-unsaturated/α-hetero) is 1. The van der Waals surface area contributed by atoms with Crippen LogP contribution in [0.1, 0.15) is 71.2 Å². The van der Waals surface area contributed by atoms with Gasteiger partial charge in [0, 0.05) is 20.3 Å². The second kappa shape index (κ2) is 10.2. The van der Waals surface area contributed by atoms with E-state index < -0.39 is 41.6 Å². The fourth-order valence-electron chi connectivity index (χ4n) is 6.80. The van der Waals surface area contributed by atoms with Crippen molar-refractivity contribution in [3.8, 4) is 0 Å². The minimum Gasteiger partial charge on any atom is -0.458 e. The number of esters is 3. The van der Waals surface area contributed by atoms with Crippen molar-refractivity contribution in [1.82, 2.24) is 0 Å². The molecule has 0 aromatic heterocycles. The molecule has 0 spiro atoms. The van der Waals surface area contributed by atoms with Crippen molar-refractivity contribution in [3.63, 3.8) is 0 Å². The van der Waals surface area contributed by atoms with Gasteiger partial charge in [-0.05, 0) is 66.2 Å². The van der Waals surface area contributed by atoms with Crippen molar-refractivity contribution in [3.05, 3.63) is 59.7 Å². The summed E-state index contributed by atoms with van der Waals surface area (Å²) < 4.78 is 17.9. The monoisotopic (exact) mass is 522 g/mol. The molecule has 3 aliphatic rings. The van der Waals surface area contributed by atoms with Crippen molar-refractivity contribution in [2.45, 2.75) is 78.6 Å². The third-order valence-corrected chi connectivity index (χ3v) is 8.77. The molecular weight excluding hydrogens is 484 g/mol. The molecule has 0 aliphatic heterocycles. The Morgan fingerprint density at radius 3 is 2.29 bits per heavy atom. The van der Waals surface area contributed by atoms with Gasteiger partial charge in [-0.15, -0.1) is 0 Å². The van der Waals surface area contributed by atoms with Crippen LogP contribution in [0.2, 0.25) is 0 Å². The van der Waals surface area contributed by atoms with Crippen LogP contribution in [0.5, 0.6) is 0 Å². The van der Waals surface area contributed by atoms with Gasteiger partial charge in [-0.25, -0.2) is 4.79 Å². The molecular formula is C31H38O7. The number of benzene rings is 1. The summed E-state index contributed by atoms with van der Waals surface area (Å²) in [5, 5.41) is 0. The van der Waals surface area contributed by atoms with Gasteiger partial charge in [0.2, 0.25) is 5.78 Å². The summed E-state index contributed by atoms with van der Waals surface area (Å²) in [5.41, 5.74) is -0.203. The van der Waals surface area contributed by atoms with E-state index >= 15 is 0 Å². The highest BCUT2D eigenvalue weighted by molar-refractivity contribution is 6.03. The van der Waals surface area contributed by atoms with E-state index in [1.807, 2.05) is 13.0 Å². The van der Waals surface area contributed by atoms with E-state index in [0.717, 1.165) is 6.42 Å². The molecule has 204 valence electrons. The summed E-state index contributed by atoms with van der Waals surface area (Å²) in [7, 11) is 0. The standard InChI is InChI=1S/C31H38O7/c1-17-13-14-23-24(30(23,6)7)15-18(2)28(34)31(38-21(5)33)16-19(3)27(25(31)26(17)36-20(4)32)37-29(35)22-11-9-8-10-12-22/h8-12,15,19,23-27H,1,13-14,16H2,2-7H3/t19-,23-,24+,25-,26?,27-,31+/m0/s1. The van der Waals surface area contributed by atoms with Gasteiger partial charge in [0.1, 0.15) is 12.2 Å². The molecule has 0 heterocycles. The summed E-state index contributed by atoms with van der Waals surface area (Å²) in [6, 6.07) is 8.56. The number of hydrogen-bond donors (Lipinski definition) is 0. The molecule has 7 nitrogen and oxygen atoms in total. The molecule has 2 saturated carbocycles. The lowest BCUT2D eigenvalue weighted by Crippen LogP contribution is -2.55. The van der Waals surface area contributed by atoms with Crippen LogP contribution in [0.3, 0.4) is 0 Å². The van der Waals surface area contributed by atoms with E-state index in [0.29, 0.717) is 29.0 Å². The molecule has 1 unspecified atom stereocenters. The van der Waals surface area contributed by atoms with Gasteiger partial charge in [0.05, 0.1) is 11.5 Å². The summed E-state index contributed by atoms with van der Waals surface area (Å²) in [4.78, 5) is 52.4. The first-order valence-corrected chi connectivity index (χ1v) is 13.3. The van der Waals surface area contributed by atoms with Crippen molar-refractivity contribution in [1.29, 1.82) is 0 Å². The average molecular weight is 523 g/mol. The van der Waals surface area contributed by atoms with E-state index in [1.165, 1.54) is 13.8 Å². The largest absolute Gasteiger partial charge is 0.458 e. The Kier molecular flexibility index (Phi) is 7.43. The molecule has 0 amide bonds. The number of carbonyl (C=O) groups is 4. The molecule has 0 saturated heterocycles. The molecule has 1 aromatic rings. The van der Waals surface area contributed by atoms with Gasteiger partial charge in [0.15, 0.2) is 5.60 Å². The molecule has 4 rings (SSSR count). The molecule has 7 heteroatoms. The van der Waals surface area contributed by atoms with E-state index in [-0.39, 0.29) is 29.5 Å². The van der Waals surface area contributed by atoms with Crippen molar-refractivity contribution >= 4 is 23.7 Å². The van der Waals surface area contributed by atoms with Crippen molar-refractivity contribution in [2.24, 2.45) is 29.1 Å². The number of ether oxygens (including phenoxy) is 3. The first-order valence-electron chi connectivity index (χ1n) is 13.3. The number of carbonyl (C=O) groups excluding carboxylic acids is 4. The molecule has 0 radical (unpaired) electrons. The molecule has 0 N–H and O–H groups in total. The number of fused-ring (bicyclic) bond motifs is 2. The number of hydrogen-bond acceptors (Lipinski definition) is 7. The van der Waals surface area contributed by atoms with E-state index in [4.69, 9.17) is 14.2 Å². The van der Waals surface area contributed by atoms with E-state index in [1.54, 1.807) is 37.3 Å². The number of ketones is 1. The molecule has 3 aliphatic carbocycles. The zero-order valence-corrected chi connectivity index (χ0v) is 23.1. The van der Waals surface area contributed by atoms with E-state index in [9.17, 15) is 19.2 Å². The minimum atomic E-state index is -1.69. The first-order chi connectivity index (χ1) is 17.8. The fraction of sp³-hybridized carbons (Fsp3) is 0.548. The summed E-state index contributed by atoms with van der Waals surface area (Å²) in [5.74, 6) is -2.89. The lowest BCUT2D eigenvalue weighted by Gasteiger charge is -2.39. The Balaban J connectivity index is 1.87. The molecule has 1 aromatic carbocycles. The zero-order chi connectivity index (χ0) is 28.0. The van der Waals surface area contributed by atoms with Gasteiger partial charge in [-0.3, -0.25) is 14.4 Å². The maximum absolute atomic E-state index is 14.3. The van der Waals surface area contributed by atoms with E-state index in [2.05, 4.69) is 20.4 Å². The Bertz CT molecular complexity index is 1180. The van der Waals surface area contributed by atoms with Crippen LogP contribution < -0.4 is 0 Å². The second-order valence-corrected chi connectivity index (χ2v) is 11.8. The topological polar surface area (TPSA) is 96.0 Å². The third kappa shape index (κ3) is 4.95. The average Bonchev–Trinajstić information content (AvgIpc) is 3.24. The molecule has 2 fully saturated rings. The van der Waals surface area contributed by atoms with Crippen LogP contribution >= 0.6 is 0 Å². The van der Waals surface area contributed by atoms with Crippen molar-refractivity contribution in [2.75, 3.05) is 0 Å². The maximum Gasteiger partial charge on any atom is 0.338 e. The van der Waals surface area contributed by atoms with Crippen molar-refractivity contribution < 1.29 is 33.4 Å². The normalized spacial score (nSPS) is 34.1. The third-order valence-electron chi connectivity index (χ3n) is 8.77. The summed E-state index contributed by atoms with van der Waals surface area (Å²) >= 11 is 0. The minimum absolute atomic E-state index is 0.0165. The summed E-state index contributed by atoms with van der Waals surface area (Å²) in [6.07, 6.45) is 1.63. The Labute approximate surface area is 224 Å². The highest BCUT2D eigenvalue weighted by atomic mass is 16.6. The van der Waals surface area contributed by atoms with Gasteiger partial charge in [-0.2, -0.15) is 0 Å². The van der Waals surface area contributed by atoms with Crippen LogP contribution in [0, 0.1) is 29.1 Å². The number of allylic oxidation sites excluding steroid dienone is 1. The first kappa shape index (κ1) is 27.8. The predicted molar refractivity (Wildman–Crippen MR) is 141 cm³/mol. The Morgan fingerprint density at radius 1 is 1.03 bits per heavy atom. The zero-order valence-electron chi connectivity index (χ0n) is 23.1. The molecule has 38 heavy (non-hydrogen) atoms. The molecule has 0 bridgehead atoms. The SMILES string of the molecule is C=C1CC[C@H]2[C@@H](C=C(C)C(=O)[C@@]3(OC(C)=O)C[C@H](C)[C@H](OC(=O)c4ccccc4)[C@@H]3C1OC(C)=O)C2(C)C. The van der Waals surface area contributed by atoms with Crippen LogP contribution in [-0.2, 0) is 28.6 Å². The van der Waals surface area contributed by atoms with Crippen LogP contribution in [-0.4, -0.2) is 41.5 Å². The second-order valence-electron chi connectivity index (χ2n) is 11.8. The van der Waals surface area contributed by atoms with Gasteiger partial charge >= 0.3 is 17.9 Å². The van der Waals surface area contributed by atoms with Crippen LogP contribution in [0.15, 0.2) is 54.1 Å². The quantitative estimate of drug-likeness (QED) is 0.303. The Morgan fingerprint density at radius 2 is 1.68 bits per heavy atom. The molecule has 7 atom stereocenters. The van der Waals surface area contributed by atoms with Gasteiger partial charge in [0.25, 0.3) is 0 Å². The Hall–Kier alpha value is -3.22. The van der Waals surface area contributed by atoms with Crippen LogP contribution in [0.4, 0.5) is 0 Å². The highest BCUT2D eigenvalue weighted by Gasteiger charge is 2.65. The fourth-order valence-corrected chi connectivity index (χ4v) is 6.80. The van der Waals surface area contributed by atoms with Crippen LogP contribution in [0.25, 0.3) is 0 Å². The predicted octanol–water partition coefficient (Wildman–Crippen LogP) is 5.24. The number of rotatable bonds is 4. The highest BCUT2D eigenvalue weighted by Crippen LogP contribution is 2.62. The summed E-state index contributed by atoms with van der Waals surface area (Å²) in [6.45, 7) is 14.8. The lowest BCUT2D eigenvalue weighted by atomic mass is 9.76. The van der Waals surface area contributed by atoms with Gasteiger partial charge < -0.3 is 14.2 Å².